The summed E-state index contributed by atoms with van der Waals surface area (Å²) in [5.41, 5.74) is 5.60. The van der Waals surface area contributed by atoms with Gasteiger partial charge in [0.25, 0.3) is 5.56 Å². The van der Waals surface area contributed by atoms with E-state index in [1.54, 1.807) is 24.3 Å². The molecule has 2 aromatic heterocycles. The van der Waals surface area contributed by atoms with Crippen LogP contribution in [0.5, 0.6) is 0 Å². The van der Waals surface area contributed by atoms with Crippen molar-refractivity contribution >= 4 is 17.1 Å². The van der Waals surface area contributed by atoms with Crippen LogP contribution in [0.15, 0.2) is 35.1 Å². The van der Waals surface area contributed by atoms with Gasteiger partial charge in [-0.05, 0) is 18.1 Å². The van der Waals surface area contributed by atoms with Crippen LogP contribution >= 0.6 is 0 Å². The van der Waals surface area contributed by atoms with E-state index < -0.39 is 36.7 Å². The van der Waals surface area contributed by atoms with Gasteiger partial charge in [0.2, 0.25) is 5.95 Å². The van der Waals surface area contributed by atoms with Crippen molar-refractivity contribution in [1.82, 2.24) is 19.5 Å². The third kappa shape index (κ3) is 3.02. The second-order valence-corrected chi connectivity index (χ2v) is 6.20. The molecule has 1 aliphatic heterocycles. The quantitative estimate of drug-likeness (QED) is 0.341. The number of hydrogen-bond acceptors (Lipinski definition) is 8. The molecule has 144 valence electrons. The number of aromatic nitrogens is 4. The minimum atomic E-state index is -1.42. The molecule has 1 aromatic carbocycles. The zero-order valence-corrected chi connectivity index (χ0v) is 14.4. The van der Waals surface area contributed by atoms with Crippen molar-refractivity contribution in [3.05, 3.63) is 52.0 Å². The van der Waals surface area contributed by atoms with Crippen LogP contribution in [0.2, 0.25) is 0 Å². The monoisotopic (exact) mass is 385 g/mol. The molecule has 3 heterocycles. The van der Waals surface area contributed by atoms with Gasteiger partial charge in [-0.25, -0.2) is 4.98 Å². The molecular weight excluding hydrogens is 366 g/mol. The number of imidazole rings is 1. The fraction of sp³-hybridized carbons (Fsp3) is 0.278. The predicted octanol–water partition coefficient (Wildman–Crippen LogP) is -1.29. The first-order chi connectivity index (χ1) is 13.9. The van der Waals surface area contributed by atoms with Crippen molar-refractivity contribution in [3.63, 3.8) is 0 Å². The van der Waals surface area contributed by atoms with E-state index in [9.17, 15) is 20.1 Å². The lowest BCUT2D eigenvalue weighted by Crippen LogP contribution is -2.33. The maximum absolute atomic E-state index is 12.2. The summed E-state index contributed by atoms with van der Waals surface area (Å²) in [7, 11) is 0. The highest BCUT2D eigenvalue weighted by Gasteiger charge is 2.45. The molecule has 3 aromatic rings. The third-order valence-corrected chi connectivity index (χ3v) is 4.38. The average molecular weight is 385 g/mol. The van der Waals surface area contributed by atoms with E-state index in [0.717, 1.165) is 0 Å². The van der Waals surface area contributed by atoms with E-state index in [1.165, 1.54) is 4.57 Å². The number of nitrogens with zero attached hydrogens (tertiary/aromatic N) is 3. The van der Waals surface area contributed by atoms with E-state index in [4.69, 9.17) is 11.8 Å². The van der Waals surface area contributed by atoms with E-state index in [-0.39, 0.29) is 22.9 Å². The van der Waals surface area contributed by atoms with Crippen molar-refractivity contribution < 1.29 is 21.4 Å². The summed E-state index contributed by atoms with van der Waals surface area (Å²) in [6.45, 7) is -0.516. The van der Waals surface area contributed by atoms with Crippen LogP contribution in [-0.2, 0) is 4.74 Å². The Morgan fingerprint density at radius 1 is 1.29 bits per heavy atom. The van der Waals surface area contributed by atoms with Gasteiger partial charge in [0.15, 0.2) is 23.2 Å². The first kappa shape index (κ1) is 16.9. The number of benzene rings is 1. The Bertz CT molecular complexity index is 1180. The summed E-state index contributed by atoms with van der Waals surface area (Å²) >= 11 is 0. The number of H-pyrrole nitrogens is 1. The molecule has 0 saturated carbocycles. The van der Waals surface area contributed by atoms with Crippen LogP contribution < -0.4 is 11.3 Å². The zero-order valence-electron chi connectivity index (χ0n) is 15.4. The summed E-state index contributed by atoms with van der Waals surface area (Å²) in [5, 5.41) is 29.9. The van der Waals surface area contributed by atoms with Crippen molar-refractivity contribution in [2.75, 3.05) is 12.3 Å². The number of nitrogens with two attached hydrogens (primary N) is 1. The highest BCUT2D eigenvalue weighted by molar-refractivity contribution is 5.73. The second kappa shape index (κ2) is 7.06. The minimum absolute atomic E-state index is 0.0203. The molecule has 6 N–H and O–H groups in total. The topological polar surface area (TPSA) is 160 Å². The molecular formula is C18H17N5O5. The lowest BCUT2D eigenvalue weighted by Gasteiger charge is -2.17. The number of aliphatic hydroxyl groups excluding tert-OH is 3. The molecule has 0 spiro atoms. The number of aliphatic hydroxyl groups is 3. The number of anilines is 1. The smallest absolute Gasteiger partial charge is 0.280 e. The van der Waals surface area contributed by atoms with Crippen molar-refractivity contribution in [2.45, 2.75) is 24.5 Å². The standard InChI is InChI=1S/C18H17N5O5/c19-18-21-15-12(16(27)22-18)20-11(7-6-9-4-2-1-3-5-9)23(15)17-14(26)13(25)10(8-24)28-17/h1-5,10,13-14,17,24-26H,8H2,(H3,19,21,22,27)/t10-,13+,14?,17-/m1/s1/i1T. The number of hydrogen-bond donors (Lipinski definition) is 5. The maximum Gasteiger partial charge on any atom is 0.280 e. The van der Waals surface area contributed by atoms with E-state index in [0.29, 0.717) is 11.6 Å². The highest BCUT2D eigenvalue weighted by Crippen LogP contribution is 2.32. The molecule has 0 aliphatic carbocycles. The zero-order chi connectivity index (χ0) is 20.7. The lowest BCUT2D eigenvalue weighted by molar-refractivity contribution is -0.0514. The molecule has 10 heteroatoms. The van der Waals surface area contributed by atoms with Crippen molar-refractivity contribution in [2.24, 2.45) is 0 Å². The second-order valence-electron chi connectivity index (χ2n) is 6.20. The van der Waals surface area contributed by atoms with Crippen LogP contribution in [0.4, 0.5) is 5.95 Å². The Kier molecular flexibility index (Phi) is 4.27. The Morgan fingerprint density at radius 3 is 2.71 bits per heavy atom. The molecule has 4 rings (SSSR count). The molecule has 1 fully saturated rings. The van der Waals surface area contributed by atoms with Gasteiger partial charge < -0.3 is 25.8 Å². The van der Waals surface area contributed by atoms with Gasteiger partial charge in [-0.3, -0.25) is 14.3 Å². The van der Waals surface area contributed by atoms with Crippen LogP contribution in [0.1, 0.15) is 19.0 Å². The van der Waals surface area contributed by atoms with Crippen LogP contribution in [0, 0.1) is 11.8 Å². The van der Waals surface area contributed by atoms with E-state index >= 15 is 0 Å². The maximum atomic E-state index is 12.2. The van der Waals surface area contributed by atoms with Crippen molar-refractivity contribution in [1.29, 1.82) is 0 Å². The summed E-state index contributed by atoms with van der Waals surface area (Å²) in [6.07, 6.45) is -5.00. The predicted molar refractivity (Wildman–Crippen MR) is 98.0 cm³/mol. The number of nitrogen functional groups attached to an aromatic ring is 1. The van der Waals surface area contributed by atoms with Crippen LogP contribution in [-0.4, -0.2) is 59.8 Å². The molecule has 0 amide bonds. The van der Waals surface area contributed by atoms with Gasteiger partial charge in [-0.15, -0.1) is 0 Å². The first-order valence-electron chi connectivity index (χ1n) is 8.88. The van der Waals surface area contributed by atoms with Gasteiger partial charge in [-0.1, -0.05) is 24.1 Å². The van der Waals surface area contributed by atoms with Gasteiger partial charge in [0.1, 0.15) is 18.3 Å². The van der Waals surface area contributed by atoms with Gasteiger partial charge >= 0.3 is 0 Å². The molecule has 0 radical (unpaired) electrons. The normalized spacial score (nSPS) is 24.8. The summed E-state index contributed by atoms with van der Waals surface area (Å²) < 4.78 is 14.4. The lowest BCUT2D eigenvalue weighted by atomic mass is 10.1. The fourth-order valence-corrected chi connectivity index (χ4v) is 3.02. The fourth-order valence-electron chi connectivity index (χ4n) is 3.02. The van der Waals surface area contributed by atoms with Gasteiger partial charge in [0.05, 0.1) is 7.98 Å². The number of nitrogens with one attached hydrogen (secondary N) is 1. The largest absolute Gasteiger partial charge is 0.394 e. The Morgan fingerprint density at radius 2 is 2.04 bits per heavy atom. The number of fused-ring (bicyclic) bond motifs is 1. The highest BCUT2D eigenvalue weighted by atomic mass is 16.6. The number of aromatic amines is 1. The molecule has 4 atom stereocenters. The Balaban J connectivity index is 1.88. The Hall–Kier alpha value is -3.23. The molecule has 10 nitrogen and oxygen atoms in total. The molecule has 0 bridgehead atoms. The van der Waals surface area contributed by atoms with Crippen LogP contribution in [0.3, 0.4) is 0 Å². The van der Waals surface area contributed by atoms with Gasteiger partial charge in [-0.2, -0.15) is 4.98 Å². The molecule has 1 saturated heterocycles. The van der Waals surface area contributed by atoms with Gasteiger partial charge in [0, 0.05) is 5.56 Å². The molecule has 1 unspecified atom stereocenters. The van der Waals surface area contributed by atoms with Crippen molar-refractivity contribution in [3.8, 4) is 11.8 Å². The average Bonchev–Trinajstić information content (AvgIpc) is 3.19. The number of rotatable bonds is 2. The van der Waals surface area contributed by atoms with Crippen LogP contribution in [0.25, 0.3) is 11.2 Å². The summed E-state index contributed by atoms with van der Waals surface area (Å²) in [6, 6.07) is 6.79. The SMILES string of the molecule is [3H]c1ccc(C#Cc2nc3c(=O)[nH]c(N)nc3n2[C@@H]2O[C@H](CO)[C@H](O)C2O)cc1. The first-order valence-corrected chi connectivity index (χ1v) is 8.38. The molecule has 1 aliphatic rings. The minimum Gasteiger partial charge on any atom is -0.394 e. The third-order valence-electron chi connectivity index (χ3n) is 4.38. The summed E-state index contributed by atoms with van der Waals surface area (Å²) in [4.78, 5) is 22.9. The van der Waals surface area contributed by atoms with E-state index in [2.05, 4.69) is 26.8 Å². The van der Waals surface area contributed by atoms with E-state index in [1.807, 2.05) is 0 Å². The Labute approximate surface area is 159 Å². The summed E-state index contributed by atoms with van der Waals surface area (Å²) in [5.74, 6) is 5.55. The molecule has 28 heavy (non-hydrogen) atoms. The number of ether oxygens (including phenoxy) is 1.